The van der Waals surface area contributed by atoms with Crippen LogP contribution in [0.25, 0.3) is 0 Å². The monoisotopic (exact) mass is 2200 g/mol. The Bertz CT molecular complexity index is 6700. The number of benzene rings is 4. The van der Waals surface area contributed by atoms with Crippen molar-refractivity contribution in [3.63, 3.8) is 0 Å². The number of aliphatic carboxylic acids is 1. The molecule has 4 aromatic carbocycles. The Hall–Kier alpha value is -9.88. The molecule has 0 saturated carbocycles. The van der Waals surface area contributed by atoms with E-state index in [-0.39, 0.29) is 82.2 Å². The van der Waals surface area contributed by atoms with Gasteiger partial charge in [0.2, 0.25) is 11.4 Å². The lowest BCUT2D eigenvalue weighted by molar-refractivity contribution is -0.438. The van der Waals surface area contributed by atoms with E-state index >= 15 is 0 Å². The van der Waals surface area contributed by atoms with E-state index < -0.39 is 117 Å². The molecule has 1 fully saturated rings. The number of carbonyl (C=O) groups is 4. The highest BCUT2D eigenvalue weighted by Gasteiger charge is 2.48. The third-order valence-corrected chi connectivity index (χ3v) is 32.2. The number of rotatable bonds is 53. The van der Waals surface area contributed by atoms with Gasteiger partial charge in [0, 0.05) is 145 Å². The van der Waals surface area contributed by atoms with E-state index in [1.165, 1.54) is 29.8 Å². The maximum absolute atomic E-state index is 12.3. The summed E-state index contributed by atoms with van der Waals surface area (Å²) in [7, 11) is -31.7. The van der Waals surface area contributed by atoms with Crippen molar-refractivity contribution in [2.75, 3.05) is 72.1 Å². The van der Waals surface area contributed by atoms with Crippen LogP contribution in [0.4, 0.5) is 22.7 Å². The average molecular weight is 2200 g/mol. The molecule has 5 heterocycles. The van der Waals surface area contributed by atoms with Gasteiger partial charge in [-0.25, -0.2) is 4.79 Å². The van der Waals surface area contributed by atoms with Gasteiger partial charge in [0.1, 0.15) is 13.1 Å². The molecule has 147 heavy (non-hydrogen) atoms. The maximum Gasteiger partial charge on any atom is 0.425 e. The molecule has 0 bridgehead atoms. The van der Waals surface area contributed by atoms with E-state index in [0.717, 1.165) is 220 Å². The summed E-state index contributed by atoms with van der Waals surface area (Å²) < 4.78 is 254. The van der Waals surface area contributed by atoms with Gasteiger partial charge in [-0.2, -0.15) is 59.7 Å². The van der Waals surface area contributed by atoms with Crippen LogP contribution in [0.5, 0.6) is 0 Å². The van der Waals surface area contributed by atoms with Gasteiger partial charge in [-0.3, -0.25) is 41.7 Å². The smallest absolute Gasteiger partial charge is 0.425 e. The van der Waals surface area contributed by atoms with Crippen molar-refractivity contribution in [3.05, 3.63) is 201 Å². The van der Waals surface area contributed by atoms with Crippen LogP contribution in [0.2, 0.25) is 0 Å². The number of fused-ring (bicyclic) bond motifs is 4. The zero-order valence-electron chi connectivity index (χ0n) is 84.8. The van der Waals surface area contributed by atoms with Crippen LogP contribution in [0.3, 0.4) is 0 Å². The Labute approximate surface area is 868 Å². The molecule has 9 N–H and O–H groups in total. The zero-order chi connectivity index (χ0) is 109. The quantitative estimate of drug-likeness (QED) is 0.00858. The summed E-state index contributed by atoms with van der Waals surface area (Å²) in [4.78, 5) is 55.1. The van der Waals surface area contributed by atoms with Crippen LogP contribution in [0.15, 0.2) is 188 Å². The standard InChI is InChI=1S/C53H72N4O13S3.C49H69N3O11S3.2O3S/c1-52(2)42-22-12-13-23-44(42)55(34-15-17-36-71(61,62)63)46(52)29-25-39-20-19-21-40(51(39)54-33-14-10-8-6-5-7-9-11-24-50(60)70-57-48(58)31-32-49(57)59)26-30-47-53(3,4)43-38-41(73(67,68)69)27-28-45(43)56(47)35-16-18-37-72(64,65)66;1-48(2)40-22-12-13-23-42(40)51(32-15-17-34-64(55,56)57)44(48)29-25-37-20-19-21-38(47(37)50-31-14-10-8-6-5-7-9-11-24-46(53)54)26-30-45-49(3,4)41-36-39(66(61,62)63)27-28-43(41)52(45)33-16-18-35-65(58,59)60;2*1-4(2)3/h12-13,22-23,25-30,38H,5-11,14-21,24,31-37H2,1-4H3,(H3,61,62,63,64,65,66,67,68,69);12-13,22-23,25-30,36H,5-11,14-21,24,31-35H2,1-4H3,(H4,53,54,55,56,57,58,59,60,61,62,63);;/p+2/b40-26+,47-30+;38-26+,45-30+;;. The fourth-order valence-electron chi connectivity index (χ4n) is 19.9. The minimum Gasteiger partial charge on any atom is -0.481 e. The predicted octanol–water partition coefficient (Wildman–Crippen LogP) is 16.4. The molecule has 0 spiro atoms. The van der Waals surface area contributed by atoms with Crippen molar-refractivity contribution in [3.8, 4) is 0 Å². The molecule has 0 radical (unpaired) electrons. The minimum absolute atomic E-state index is 0.0629. The number of carboxylic acid groups (broad SMARTS) is 1. The van der Waals surface area contributed by atoms with Gasteiger partial charge in [-0.05, 0) is 212 Å². The van der Waals surface area contributed by atoms with E-state index in [1.54, 1.807) is 12.1 Å². The zero-order valence-corrected chi connectivity index (χ0v) is 91.4. The molecule has 11 rings (SSSR count). The molecule has 812 valence electrons. The number of anilines is 2. The number of allylic oxidation sites excluding steroid dienone is 14. The van der Waals surface area contributed by atoms with E-state index in [0.29, 0.717) is 100 Å². The number of hydrogen-bond acceptors (Lipinski definition) is 27. The third kappa shape index (κ3) is 37.6. The molecule has 2 amide bonds. The van der Waals surface area contributed by atoms with E-state index in [2.05, 4.69) is 130 Å². The van der Waals surface area contributed by atoms with Crippen molar-refractivity contribution < 1.29 is 141 Å². The number of imide groups is 1. The Morgan fingerprint density at radius 1 is 0.388 bits per heavy atom. The summed E-state index contributed by atoms with van der Waals surface area (Å²) in [5.74, 6) is -3.65. The Morgan fingerprint density at radius 3 is 1.05 bits per heavy atom. The lowest BCUT2D eigenvalue weighted by Crippen LogP contribution is -2.31. The lowest BCUT2D eigenvalue weighted by Gasteiger charge is -2.28. The fraction of sp³-hybridized carbons (Fsp3) is 0.549. The highest BCUT2D eigenvalue weighted by molar-refractivity contribution is 7.87. The van der Waals surface area contributed by atoms with Crippen LogP contribution in [0.1, 0.15) is 296 Å². The molecule has 37 nitrogen and oxygen atoms in total. The summed E-state index contributed by atoms with van der Waals surface area (Å²) in [5.41, 5.74) is 15.6. The summed E-state index contributed by atoms with van der Waals surface area (Å²) in [5, 5.41) is 17.1. The van der Waals surface area contributed by atoms with Gasteiger partial charge in [0.05, 0.1) is 43.6 Å². The molecule has 0 aromatic heterocycles. The number of carbonyl (C=O) groups excluding carboxylic acids is 3. The first-order chi connectivity index (χ1) is 68.8. The van der Waals surface area contributed by atoms with Gasteiger partial charge in [0.15, 0.2) is 11.4 Å². The highest BCUT2D eigenvalue weighted by atomic mass is 32.2. The fourth-order valence-corrected chi connectivity index (χ4v) is 23.2. The third-order valence-electron chi connectivity index (χ3n) is 27.3. The van der Waals surface area contributed by atoms with Crippen LogP contribution < -0.4 is 20.4 Å². The maximum atomic E-state index is 12.3. The number of unbranched alkanes of at least 4 members (excludes halogenated alkanes) is 18. The molecule has 7 aliphatic rings. The van der Waals surface area contributed by atoms with Crippen molar-refractivity contribution in [1.29, 1.82) is 0 Å². The van der Waals surface area contributed by atoms with Crippen molar-refractivity contribution in [2.45, 2.75) is 305 Å². The van der Waals surface area contributed by atoms with E-state index in [1.807, 2.05) is 52.0 Å². The first-order valence-electron chi connectivity index (χ1n) is 49.9. The van der Waals surface area contributed by atoms with Crippen LogP contribution in [-0.4, -0.2) is 220 Å². The number of nitrogens with one attached hydrogen (secondary N) is 2. The van der Waals surface area contributed by atoms with Gasteiger partial charge >= 0.3 is 33.2 Å². The summed E-state index contributed by atoms with van der Waals surface area (Å²) in [6, 6.07) is 25.5. The van der Waals surface area contributed by atoms with Crippen LogP contribution in [0, 0.1) is 0 Å². The molecule has 45 heteroatoms. The molecule has 5 aliphatic heterocycles. The van der Waals surface area contributed by atoms with Crippen molar-refractivity contribution in [1.82, 2.24) is 15.7 Å². The number of nitrogens with zero attached hydrogens (tertiary/aromatic N) is 5. The lowest BCUT2D eigenvalue weighted by atomic mass is 9.81. The number of hydrogen-bond donors (Lipinski definition) is 9. The molecular weight excluding hydrogens is 2060 g/mol. The van der Waals surface area contributed by atoms with E-state index in [9.17, 15) is 97.0 Å². The largest absolute Gasteiger partial charge is 0.481 e. The summed E-state index contributed by atoms with van der Waals surface area (Å²) in [6.07, 6.45) is 41.0. The normalized spacial score (nSPS) is 18.1. The SMILES string of the molecule is CC1(C)C(/C=C/C2=C(NCCCCCCCCCCC(=O)O)C(=C/C=C3/N(CCCCS(=O)(=O)O)c4ccc(S(=O)(=O)O)cc4C3(C)C)/CCC2)=[N+](CCCCS(=O)(=O)O)c2ccccc21.CC1(C)C(/C=C/C2=C(NCCCCCCCCCCC(=O)ON3C(=O)CCC3=O)C(=C/C=C3/N(CCCCS(=O)(=O)O)c4ccc(S(=O)(=O)O)cc4C3(C)C)/CCC2)=[N+](CCCCS(=O)(=O)O)c2ccccc21.O=S(=O)=O.O=S(=O)=O. The van der Waals surface area contributed by atoms with Gasteiger partial charge in [-0.15, -0.1) is 30.3 Å². The van der Waals surface area contributed by atoms with Crippen molar-refractivity contribution in [2.24, 2.45) is 0 Å². The molecule has 1 saturated heterocycles. The number of para-hydroxylation sites is 2. The second kappa shape index (κ2) is 55.2. The summed E-state index contributed by atoms with van der Waals surface area (Å²) >= 11 is 0. The molecule has 4 aromatic rings. The van der Waals surface area contributed by atoms with Gasteiger partial charge in [0.25, 0.3) is 72.5 Å². The minimum atomic E-state index is -4.50. The molecule has 0 atom stereocenters. The predicted molar refractivity (Wildman–Crippen MR) is 560 cm³/mol. The average Bonchev–Trinajstić information content (AvgIpc) is 1.58. The number of hydroxylamine groups is 2. The number of carboxylic acids is 1. The highest BCUT2D eigenvalue weighted by Crippen LogP contribution is 2.52. The number of amides is 2. The topological polar surface area (TPSA) is 566 Å². The van der Waals surface area contributed by atoms with Crippen molar-refractivity contribution >= 4 is 140 Å². The summed E-state index contributed by atoms with van der Waals surface area (Å²) in [6.45, 7) is 20.1. The Balaban J connectivity index is 0.000000335. The van der Waals surface area contributed by atoms with Crippen LogP contribution >= 0.6 is 0 Å². The van der Waals surface area contributed by atoms with E-state index in [4.69, 9.17) is 35.2 Å². The van der Waals surface area contributed by atoms with Crippen LogP contribution in [-0.2, 0) is 128 Å². The Morgan fingerprint density at radius 2 is 0.714 bits per heavy atom. The van der Waals surface area contributed by atoms with Gasteiger partial charge < -0.3 is 30.4 Å². The molecule has 2 aliphatic carbocycles. The Kier molecular flexibility index (Phi) is 46.0. The molecular formula is C102H143N7O30S8+2. The van der Waals surface area contributed by atoms with Gasteiger partial charge in [-0.1, -0.05) is 165 Å². The second-order valence-electron chi connectivity index (χ2n) is 39.7. The second-order valence-corrected chi connectivity index (χ2v) is 49.7. The molecule has 0 unspecified atom stereocenters. The first kappa shape index (κ1) is 122. The first-order valence-corrected chi connectivity index (χ1v) is 61.2.